The summed E-state index contributed by atoms with van der Waals surface area (Å²) in [5.41, 5.74) is 1.21. The van der Waals surface area contributed by atoms with Crippen molar-refractivity contribution in [3.63, 3.8) is 0 Å². The number of nitrogens with zero attached hydrogens (tertiary/aromatic N) is 3. The number of rotatable bonds is 7. The first kappa shape index (κ1) is 23.9. The first-order valence-corrected chi connectivity index (χ1v) is 10.5. The van der Waals surface area contributed by atoms with Crippen molar-refractivity contribution in [1.29, 1.82) is 0 Å². The summed E-state index contributed by atoms with van der Waals surface area (Å²) in [4.78, 5) is 20.5. The number of halogens is 1. The molecule has 0 bridgehead atoms. The third-order valence-corrected chi connectivity index (χ3v) is 5.60. The van der Waals surface area contributed by atoms with E-state index in [0.717, 1.165) is 32.1 Å². The number of likely N-dealkylation sites (tertiary alicyclic amines) is 1. The van der Waals surface area contributed by atoms with Crippen molar-refractivity contribution in [2.45, 2.75) is 44.8 Å². The van der Waals surface area contributed by atoms with Crippen LogP contribution in [0.1, 0.15) is 37.7 Å². The topological polar surface area (TPSA) is 57.2 Å². The van der Waals surface area contributed by atoms with Crippen LogP contribution >= 0.6 is 24.0 Å². The molecule has 2 aliphatic rings. The van der Waals surface area contributed by atoms with Gasteiger partial charge in [0.15, 0.2) is 5.96 Å². The number of carbonyl (C=O) groups excluding carboxylic acids is 1. The monoisotopic (exact) mass is 514 g/mol. The third-order valence-electron chi connectivity index (χ3n) is 5.60. The summed E-state index contributed by atoms with van der Waals surface area (Å²) < 4.78 is 5.95. The molecule has 1 aromatic carbocycles. The largest absolute Gasteiger partial charge is 0.376 e. The average molecular weight is 514 g/mol. The second-order valence-corrected chi connectivity index (χ2v) is 8.16. The van der Waals surface area contributed by atoms with Crippen LogP contribution in [0.4, 0.5) is 0 Å². The molecule has 6 nitrogen and oxygen atoms in total. The van der Waals surface area contributed by atoms with Gasteiger partial charge in [0.05, 0.1) is 13.2 Å². The number of hydrogen-bond acceptors (Lipinski definition) is 3. The summed E-state index contributed by atoms with van der Waals surface area (Å²) in [5.74, 6) is 1.43. The van der Waals surface area contributed by atoms with Gasteiger partial charge in [-0.3, -0.25) is 4.79 Å². The van der Waals surface area contributed by atoms with Gasteiger partial charge in [-0.1, -0.05) is 43.2 Å². The fourth-order valence-corrected chi connectivity index (χ4v) is 3.85. The van der Waals surface area contributed by atoms with Crippen LogP contribution < -0.4 is 5.32 Å². The summed E-state index contributed by atoms with van der Waals surface area (Å²) in [6.07, 6.45) is 6.03. The van der Waals surface area contributed by atoms with E-state index in [0.29, 0.717) is 18.6 Å². The van der Waals surface area contributed by atoms with Gasteiger partial charge in [0, 0.05) is 39.1 Å². The van der Waals surface area contributed by atoms with Crippen molar-refractivity contribution in [3.05, 3.63) is 35.9 Å². The molecule has 3 rings (SSSR count). The van der Waals surface area contributed by atoms with E-state index in [1.54, 1.807) is 19.0 Å². The predicted octanol–water partition coefficient (Wildman–Crippen LogP) is 3.12. The van der Waals surface area contributed by atoms with Gasteiger partial charge in [0.2, 0.25) is 5.91 Å². The minimum absolute atomic E-state index is 0. The smallest absolute Gasteiger partial charge is 0.243 e. The maximum absolute atomic E-state index is 12.0. The average Bonchev–Trinajstić information content (AvgIpc) is 3.37. The van der Waals surface area contributed by atoms with Crippen LogP contribution in [0.25, 0.3) is 0 Å². The summed E-state index contributed by atoms with van der Waals surface area (Å²) in [5, 5.41) is 3.62. The zero-order valence-electron chi connectivity index (χ0n) is 17.7. The standard InChI is InChI=1S/C22H34N4O2.HI/c1-25(2)21(27)14-23-22(24-20-10-6-7-11-20)26-13-12-19(15-26)17-28-16-18-8-4-3-5-9-18;/h3-5,8-9,19-20H,6-7,10-17H2,1-2H3,(H,23,24);1H. The zero-order valence-corrected chi connectivity index (χ0v) is 20.0. The maximum Gasteiger partial charge on any atom is 0.243 e. The molecule has 1 heterocycles. The Kier molecular flexibility index (Phi) is 10.2. The van der Waals surface area contributed by atoms with Crippen LogP contribution in [0.3, 0.4) is 0 Å². The zero-order chi connectivity index (χ0) is 19.8. The molecule has 1 N–H and O–H groups in total. The van der Waals surface area contributed by atoms with Crippen molar-refractivity contribution in [2.24, 2.45) is 10.9 Å². The minimum Gasteiger partial charge on any atom is -0.376 e. The van der Waals surface area contributed by atoms with Gasteiger partial charge >= 0.3 is 0 Å². The van der Waals surface area contributed by atoms with Crippen molar-refractivity contribution in [2.75, 3.05) is 40.3 Å². The highest BCUT2D eigenvalue weighted by Gasteiger charge is 2.27. The third kappa shape index (κ3) is 7.77. The number of nitrogens with one attached hydrogen (secondary N) is 1. The Bertz CT molecular complexity index is 647. The van der Waals surface area contributed by atoms with Gasteiger partial charge in [-0.15, -0.1) is 24.0 Å². The summed E-state index contributed by atoms with van der Waals surface area (Å²) in [6.45, 7) is 3.53. The maximum atomic E-state index is 12.0. The van der Waals surface area contributed by atoms with E-state index < -0.39 is 0 Å². The molecule has 1 amide bonds. The second-order valence-electron chi connectivity index (χ2n) is 8.16. The molecular weight excluding hydrogens is 479 g/mol. The molecule has 0 radical (unpaired) electrons. The number of likely N-dealkylation sites (N-methyl/N-ethyl adjacent to an activating group) is 1. The van der Waals surface area contributed by atoms with Crippen molar-refractivity contribution >= 4 is 35.8 Å². The van der Waals surface area contributed by atoms with E-state index in [9.17, 15) is 4.79 Å². The lowest BCUT2D eigenvalue weighted by molar-refractivity contribution is -0.127. The highest BCUT2D eigenvalue weighted by atomic mass is 127. The normalized spacial score (nSPS) is 19.9. The molecule has 0 spiro atoms. The lowest BCUT2D eigenvalue weighted by Crippen LogP contribution is -2.45. The predicted molar refractivity (Wildman–Crippen MR) is 128 cm³/mol. The van der Waals surface area contributed by atoms with E-state index in [1.807, 2.05) is 18.2 Å². The van der Waals surface area contributed by atoms with Crippen molar-refractivity contribution < 1.29 is 9.53 Å². The molecule has 1 aromatic rings. The highest BCUT2D eigenvalue weighted by Crippen LogP contribution is 2.21. The van der Waals surface area contributed by atoms with Gasteiger partial charge < -0.3 is 19.9 Å². The van der Waals surface area contributed by atoms with Gasteiger partial charge in [0.25, 0.3) is 0 Å². The summed E-state index contributed by atoms with van der Waals surface area (Å²) in [7, 11) is 3.55. The fourth-order valence-electron chi connectivity index (χ4n) is 3.85. The molecule has 7 heteroatoms. The van der Waals surface area contributed by atoms with Crippen LogP contribution in [0.15, 0.2) is 35.3 Å². The molecule has 1 saturated carbocycles. The quantitative estimate of drug-likeness (QED) is 0.345. The second kappa shape index (κ2) is 12.4. The molecule has 1 saturated heterocycles. The Morgan fingerprint density at radius 2 is 1.93 bits per heavy atom. The molecule has 2 fully saturated rings. The lowest BCUT2D eigenvalue weighted by Gasteiger charge is -2.25. The van der Waals surface area contributed by atoms with E-state index in [2.05, 4.69) is 27.3 Å². The number of hydrogen-bond donors (Lipinski definition) is 1. The molecule has 162 valence electrons. The Morgan fingerprint density at radius 1 is 1.21 bits per heavy atom. The Balaban J connectivity index is 0.00000300. The number of carbonyl (C=O) groups is 1. The number of ether oxygens (including phenoxy) is 1. The van der Waals surface area contributed by atoms with E-state index in [1.165, 1.54) is 31.2 Å². The molecule has 1 aliphatic heterocycles. The van der Waals surface area contributed by atoms with Crippen molar-refractivity contribution in [1.82, 2.24) is 15.1 Å². The summed E-state index contributed by atoms with van der Waals surface area (Å²) in [6, 6.07) is 10.8. The molecule has 29 heavy (non-hydrogen) atoms. The van der Waals surface area contributed by atoms with Gasteiger partial charge in [-0.05, 0) is 24.8 Å². The van der Waals surface area contributed by atoms with E-state index in [4.69, 9.17) is 4.74 Å². The van der Waals surface area contributed by atoms with E-state index >= 15 is 0 Å². The van der Waals surface area contributed by atoms with Crippen LogP contribution in [0.5, 0.6) is 0 Å². The lowest BCUT2D eigenvalue weighted by atomic mass is 10.1. The number of amides is 1. The molecule has 1 aliphatic carbocycles. The number of benzene rings is 1. The first-order chi connectivity index (χ1) is 13.6. The van der Waals surface area contributed by atoms with Gasteiger partial charge in [0.1, 0.15) is 6.54 Å². The first-order valence-electron chi connectivity index (χ1n) is 10.5. The number of guanidine groups is 1. The Morgan fingerprint density at radius 3 is 2.62 bits per heavy atom. The van der Waals surface area contributed by atoms with Crippen LogP contribution in [0.2, 0.25) is 0 Å². The van der Waals surface area contributed by atoms with E-state index in [-0.39, 0.29) is 36.4 Å². The van der Waals surface area contributed by atoms with Gasteiger partial charge in [-0.25, -0.2) is 4.99 Å². The fraction of sp³-hybridized carbons (Fsp3) is 0.636. The highest BCUT2D eigenvalue weighted by molar-refractivity contribution is 14.0. The molecule has 1 atom stereocenters. The van der Waals surface area contributed by atoms with Gasteiger partial charge in [-0.2, -0.15) is 0 Å². The van der Waals surface area contributed by atoms with Crippen LogP contribution in [0, 0.1) is 5.92 Å². The SMILES string of the molecule is CN(C)C(=O)CN=C(NC1CCCC1)N1CCC(COCc2ccccc2)C1.I. The minimum atomic E-state index is 0. The number of aliphatic imine (C=N–C) groups is 1. The molecule has 0 aromatic heterocycles. The Hall–Kier alpha value is -1.35. The van der Waals surface area contributed by atoms with Crippen LogP contribution in [-0.4, -0.2) is 68.0 Å². The molecule has 1 unspecified atom stereocenters. The summed E-state index contributed by atoms with van der Waals surface area (Å²) >= 11 is 0. The Labute approximate surface area is 192 Å². The van der Waals surface area contributed by atoms with Crippen LogP contribution in [-0.2, 0) is 16.1 Å². The van der Waals surface area contributed by atoms with Crippen molar-refractivity contribution in [3.8, 4) is 0 Å². The molecular formula is C22H35IN4O2.